The van der Waals surface area contributed by atoms with E-state index < -0.39 is 0 Å². The molecule has 26 heavy (non-hydrogen) atoms. The zero-order chi connectivity index (χ0) is 18.1. The van der Waals surface area contributed by atoms with Crippen molar-refractivity contribution in [3.05, 3.63) is 51.7 Å². The molecule has 0 saturated heterocycles. The maximum Gasteiger partial charge on any atom is 0.159 e. The number of fused-ring (bicyclic) bond motifs is 3. The summed E-state index contributed by atoms with van der Waals surface area (Å²) in [6, 6.07) is 9.55. The average Bonchev–Trinajstić information content (AvgIpc) is 3.04. The van der Waals surface area contributed by atoms with Crippen LogP contribution in [0.25, 0.3) is 10.2 Å². The highest BCUT2D eigenvalue weighted by Gasteiger charge is 2.20. The Morgan fingerprint density at radius 3 is 2.73 bits per heavy atom. The fourth-order valence-electron chi connectivity index (χ4n) is 3.33. The van der Waals surface area contributed by atoms with Crippen LogP contribution in [0.5, 0.6) is 0 Å². The van der Waals surface area contributed by atoms with Crippen LogP contribution in [0.2, 0.25) is 0 Å². The van der Waals surface area contributed by atoms with Crippen LogP contribution in [-0.4, -0.2) is 15.7 Å². The molecule has 6 heteroatoms. The van der Waals surface area contributed by atoms with E-state index >= 15 is 0 Å². The molecule has 0 saturated carbocycles. The van der Waals surface area contributed by atoms with E-state index in [1.165, 1.54) is 23.3 Å². The summed E-state index contributed by atoms with van der Waals surface area (Å²) >= 11 is 1.79. The number of thiophene rings is 1. The second kappa shape index (κ2) is 6.85. The van der Waals surface area contributed by atoms with Gasteiger partial charge in [0.1, 0.15) is 10.7 Å². The van der Waals surface area contributed by atoms with Crippen LogP contribution in [0.1, 0.15) is 47.2 Å². The van der Waals surface area contributed by atoms with Crippen molar-refractivity contribution in [2.45, 2.75) is 39.5 Å². The summed E-state index contributed by atoms with van der Waals surface area (Å²) in [4.78, 5) is 11.7. The van der Waals surface area contributed by atoms with Crippen LogP contribution in [0.15, 0.2) is 29.4 Å². The van der Waals surface area contributed by atoms with Gasteiger partial charge in [-0.3, -0.25) is 5.43 Å². The normalized spacial score (nSPS) is 14.1. The quantitative estimate of drug-likeness (QED) is 0.547. The number of hydrazone groups is 1. The first-order valence-electron chi connectivity index (χ1n) is 8.75. The molecule has 0 radical (unpaired) electrons. The maximum atomic E-state index is 8.92. The van der Waals surface area contributed by atoms with E-state index in [2.05, 4.69) is 26.6 Å². The number of aryl methyl sites for hydroxylation is 3. The van der Waals surface area contributed by atoms with Gasteiger partial charge in [0.15, 0.2) is 5.82 Å². The minimum Gasteiger partial charge on any atom is -0.260 e. The summed E-state index contributed by atoms with van der Waals surface area (Å²) in [6.07, 6.45) is 4.71. The Balaban J connectivity index is 1.70. The third kappa shape index (κ3) is 3.06. The lowest BCUT2D eigenvalue weighted by molar-refractivity contribution is 0.700. The molecule has 0 spiro atoms. The fourth-order valence-corrected chi connectivity index (χ4v) is 4.64. The third-order valence-corrected chi connectivity index (χ3v) is 5.87. The van der Waals surface area contributed by atoms with Gasteiger partial charge in [0.05, 0.1) is 22.7 Å². The van der Waals surface area contributed by atoms with Crippen LogP contribution in [-0.2, 0) is 12.8 Å². The lowest BCUT2D eigenvalue weighted by atomic mass is 9.97. The molecule has 0 unspecified atom stereocenters. The minimum absolute atomic E-state index is 0.646. The monoisotopic (exact) mass is 361 g/mol. The fraction of sp³-hybridized carbons (Fsp3) is 0.300. The number of aromatic nitrogens is 2. The molecular weight excluding hydrogens is 342 g/mol. The molecule has 1 aromatic carbocycles. The Hall–Kier alpha value is -2.78. The van der Waals surface area contributed by atoms with E-state index in [9.17, 15) is 0 Å². The molecule has 2 heterocycles. The van der Waals surface area contributed by atoms with E-state index in [1.54, 1.807) is 23.5 Å². The molecule has 4 rings (SSSR count). The predicted octanol–water partition coefficient (Wildman–Crippen LogP) is 4.59. The molecule has 2 aromatic heterocycles. The lowest BCUT2D eigenvalue weighted by Crippen LogP contribution is -2.04. The van der Waals surface area contributed by atoms with Crippen LogP contribution in [0, 0.1) is 18.3 Å². The summed E-state index contributed by atoms with van der Waals surface area (Å²) in [5, 5.41) is 14.6. The van der Waals surface area contributed by atoms with Crippen molar-refractivity contribution >= 4 is 33.1 Å². The molecule has 0 bridgehead atoms. The molecule has 1 aliphatic rings. The van der Waals surface area contributed by atoms with Gasteiger partial charge in [-0.1, -0.05) is 12.1 Å². The zero-order valence-electron chi connectivity index (χ0n) is 14.8. The van der Waals surface area contributed by atoms with Crippen LogP contribution in [0.4, 0.5) is 5.82 Å². The molecule has 5 nitrogen and oxygen atoms in total. The first-order valence-corrected chi connectivity index (χ1v) is 9.57. The Kier molecular flexibility index (Phi) is 4.39. The molecule has 3 aromatic rings. The number of anilines is 1. The number of nitriles is 1. The second-order valence-electron chi connectivity index (χ2n) is 6.51. The van der Waals surface area contributed by atoms with Gasteiger partial charge >= 0.3 is 0 Å². The number of hydrogen-bond acceptors (Lipinski definition) is 6. The summed E-state index contributed by atoms with van der Waals surface area (Å²) in [5.74, 6) is 1.55. The average molecular weight is 361 g/mol. The molecule has 0 aliphatic heterocycles. The highest BCUT2D eigenvalue weighted by atomic mass is 32.1. The van der Waals surface area contributed by atoms with Crippen molar-refractivity contribution in [2.24, 2.45) is 5.10 Å². The summed E-state index contributed by atoms with van der Waals surface area (Å²) in [6.45, 7) is 3.86. The Bertz CT molecular complexity index is 1040. The third-order valence-electron chi connectivity index (χ3n) is 4.69. The topological polar surface area (TPSA) is 74.0 Å². The summed E-state index contributed by atoms with van der Waals surface area (Å²) in [5.41, 5.74) is 7.04. The predicted molar refractivity (Wildman–Crippen MR) is 106 cm³/mol. The van der Waals surface area contributed by atoms with Gasteiger partial charge in [-0.05, 0) is 62.8 Å². The van der Waals surface area contributed by atoms with Gasteiger partial charge in [-0.2, -0.15) is 10.4 Å². The van der Waals surface area contributed by atoms with E-state index in [1.807, 2.05) is 26.0 Å². The molecule has 0 amide bonds. The molecule has 1 N–H and O–H groups in total. The molecule has 1 aliphatic carbocycles. The smallest absolute Gasteiger partial charge is 0.159 e. The van der Waals surface area contributed by atoms with Crippen molar-refractivity contribution in [2.75, 3.05) is 5.43 Å². The van der Waals surface area contributed by atoms with Gasteiger partial charge in [0, 0.05) is 4.88 Å². The molecular formula is C20H19N5S. The van der Waals surface area contributed by atoms with Gasteiger partial charge in [-0.25, -0.2) is 9.97 Å². The van der Waals surface area contributed by atoms with Crippen molar-refractivity contribution in [3.63, 3.8) is 0 Å². The van der Waals surface area contributed by atoms with Crippen LogP contribution in [0.3, 0.4) is 0 Å². The van der Waals surface area contributed by atoms with Gasteiger partial charge in [0.2, 0.25) is 0 Å². The van der Waals surface area contributed by atoms with E-state index in [-0.39, 0.29) is 0 Å². The number of benzene rings is 1. The standard InChI is InChI=1S/C20H19N5S/c1-12(15-9-7-14(11-21)8-10-15)24-25-19-18-16-5-3-4-6-17(16)26-20(18)23-13(2)22-19/h7-10H,3-6H2,1-2H3,(H,22,23,25)/b24-12-. The Morgan fingerprint density at radius 1 is 1.19 bits per heavy atom. The lowest BCUT2D eigenvalue weighted by Gasteiger charge is -2.12. The number of hydrogen-bond donors (Lipinski definition) is 1. The summed E-state index contributed by atoms with van der Waals surface area (Å²) in [7, 11) is 0. The van der Waals surface area contributed by atoms with Crippen molar-refractivity contribution < 1.29 is 0 Å². The first kappa shape index (κ1) is 16.7. The molecule has 0 fully saturated rings. The largest absolute Gasteiger partial charge is 0.260 e. The van der Waals surface area contributed by atoms with Gasteiger partial charge in [0.25, 0.3) is 0 Å². The van der Waals surface area contributed by atoms with Crippen LogP contribution >= 0.6 is 11.3 Å². The highest BCUT2D eigenvalue weighted by molar-refractivity contribution is 7.19. The number of rotatable bonds is 3. The van der Waals surface area contributed by atoms with Crippen molar-refractivity contribution in [3.8, 4) is 6.07 Å². The molecule has 0 atom stereocenters. The van der Waals surface area contributed by atoms with Gasteiger partial charge < -0.3 is 0 Å². The van der Waals surface area contributed by atoms with Crippen molar-refractivity contribution in [1.82, 2.24) is 9.97 Å². The Labute approximate surface area is 156 Å². The zero-order valence-corrected chi connectivity index (χ0v) is 15.7. The maximum absolute atomic E-state index is 8.92. The van der Waals surface area contributed by atoms with Crippen molar-refractivity contribution in [1.29, 1.82) is 5.26 Å². The summed E-state index contributed by atoms with van der Waals surface area (Å²) < 4.78 is 0. The number of nitrogens with one attached hydrogen (secondary N) is 1. The van der Waals surface area contributed by atoms with E-state index in [0.717, 1.165) is 46.0 Å². The molecule has 130 valence electrons. The van der Waals surface area contributed by atoms with E-state index in [4.69, 9.17) is 5.26 Å². The first-order chi connectivity index (χ1) is 12.7. The van der Waals surface area contributed by atoms with Crippen LogP contribution < -0.4 is 5.43 Å². The SMILES string of the molecule is C/C(=N/Nc1nc(C)nc2sc3c(c12)CCCC3)c1ccc(C#N)cc1. The Morgan fingerprint density at radius 2 is 1.96 bits per heavy atom. The highest BCUT2D eigenvalue weighted by Crippen LogP contribution is 2.38. The van der Waals surface area contributed by atoms with Gasteiger partial charge in [-0.15, -0.1) is 11.3 Å². The second-order valence-corrected chi connectivity index (χ2v) is 7.59. The van der Waals surface area contributed by atoms with E-state index in [0.29, 0.717) is 5.56 Å². The number of nitrogens with zero attached hydrogens (tertiary/aromatic N) is 4. The minimum atomic E-state index is 0.646.